The molecule has 0 saturated carbocycles. The van der Waals surface area contributed by atoms with Crippen LogP contribution in [0.1, 0.15) is 26.2 Å². The molecule has 2 N–H and O–H groups in total. The number of amides is 2. The molecule has 0 bridgehead atoms. The smallest absolute Gasteiger partial charge is 0.404 e. The number of unbranched alkanes of at least 4 members (excludes halogenated alkanes) is 1. The van der Waals surface area contributed by atoms with E-state index in [1.54, 1.807) is 11.9 Å². The van der Waals surface area contributed by atoms with Crippen molar-refractivity contribution in [1.82, 2.24) is 10.2 Å². The molecule has 5 heteroatoms. The van der Waals surface area contributed by atoms with E-state index in [0.717, 1.165) is 12.8 Å². The lowest BCUT2D eigenvalue weighted by Crippen LogP contribution is -2.32. The second-order valence-electron chi connectivity index (χ2n) is 4.24. The Hall–Kier alpha value is -1.52. The molecular weight excluding hydrogens is 220 g/mol. The lowest BCUT2D eigenvalue weighted by atomic mass is 10.1. The van der Waals surface area contributed by atoms with Gasteiger partial charge in [-0.25, -0.2) is 4.79 Å². The highest BCUT2D eigenvalue weighted by atomic mass is 16.4. The summed E-state index contributed by atoms with van der Waals surface area (Å²) in [5, 5.41) is 10.7. The Labute approximate surface area is 102 Å². The monoisotopic (exact) mass is 242 g/mol. The van der Waals surface area contributed by atoms with Crippen molar-refractivity contribution in [2.45, 2.75) is 26.2 Å². The van der Waals surface area contributed by atoms with Crippen LogP contribution in [0.4, 0.5) is 4.79 Å². The van der Waals surface area contributed by atoms with E-state index in [1.807, 2.05) is 13.0 Å². The van der Waals surface area contributed by atoms with Gasteiger partial charge in [-0.05, 0) is 18.8 Å². The van der Waals surface area contributed by atoms with Gasteiger partial charge in [0.15, 0.2) is 0 Å². The van der Waals surface area contributed by atoms with E-state index >= 15 is 0 Å². The minimum atomic E-state index is -1.05. The first-order chi connectivity index (χ1) is 7.97. The van der Waals surface area contributed by atoms with Crippen molar-refractivity contribution in [3.63, 3.8) is 0 Å². The summed E-state index contributed by atoms with van der Waals surface area (Å²) in [7, 11) is 1.77. The Morgan fingerprint density at radius 1 is 1.53 bits per heavy atom. The molecule has 0 heterocycles. The van der Waals surface area contributed by atoms with Crippen molar-refractivity contribution in [2.24, 2.45) is 5.92 Å². The molecule has 0 aliphatic carbocycles. The average molecular weight is 242 g/mol. The Morgan fingerprint density at radius 3 is 2.71 bits per heavy atom. The summed E-state index contributed by atoms with van der Waals surface area (Å²) in [4.78, 5) is 23.7. The van der Waals surface area contributed by atoms with Crippen molar-refractivity contribution in [3.05, 3.63) is 12.7 Å². The van der Waals surface area contributed by atoms with Crippen LogP contribution in [0.2, 0.25) is 0 Å². The first kappa shape index (κ1) is 15.5. The zero-order valence-electron chi connectivity index (χ0n) is 10.6. The fraction of sp³-hybridized carbons (Fsp3) is 0.667. The Balaban J connectivity index is 3.81. The van der Waals surface area contributed by atoms with Crippen LogP contribution < -0.4 is 5.32 Å². The van der Waals surface area contributed by atoms with Crippen molar-refractivity contribution >= 4 is 12.0 Å². The number of hydrogen-bond acceptors (Lipinski definition) is 2. The molecule has 0 aliphatic heterocycles. The second-order valence-corrected chi connectivity index (χ2v) is 4.24. The molecule has 1 atom stereocenters. The van der Waals surface area contributed by atoms with Crippen LogP contribution in [0, 0.1) is 5.92 Å². The van der Waals surface area contributed by atoms with E-state index < -0.39 is 6.09 Å². The normalized spacial score (nSPS) is 11.6. The fourth-order valence-corrected chi connectivity index (χ4v) is 1.39. The van der Waals surface area contributed by atoms with Gasteiger partial charge in [-0.3, -0.25) is 4.79 Å². The van der Waals surface area contributed by atoms with Gasteiger partial charge >= 0.3 is 6.09 Å². The highest BCUT2D eigenvalue weighted by Gasteiger charge is 2.13. The third kappa shape index (κ3) is 8.30. The van der Waals surface area contributed by atoms with E-state index in [4.69, 9.17) is 5.11 Å². The van der Waals surface area contributed by atoms with Crippen LogP contribution in [0.25, 0.3) is 0 Å². The fourth-order valence-electron chi connectivity index (χ4n) is 1.39. The molecule has 2 amide bonds. The zero-order chi connectivity index (χ0) is 13.3. The van der Waals surface area contributed by atoms with Crippen LogP contribution in [-0.4, -0.2) is 42.1 Å². The van der Waals surface area contributed by atoms with Crippen LogP contribution in [0.15, 0.2) is 12.7 Å². The predicted molar refractivity (Wildman–Crippen MR) is 66.9 cm³/mol. The number of hydrogen-bond donors (Lipinski definition) is 2. The van der Waals surface area contributed by atoms with E-state index in [-0.39, 0.29) is 11.8 Å². The summed E-state index contributed by atoms with van der Waals surface area (Å²) < 4.78 is 0. The van der Waals surface area contributed by atoms with Gasteiger partial charge in [0.05, 0.1) is 0 Å². The molecular formula is C12H22N2O3. The molecule has 0 rings (SSSR count). The number of carboxylic acid groups (broad SMARTS) is 1. The molecule has 0 aromatic rings. The maximum Gasteiger partial charge on any atom is 0.404 e. The second kappa shape index (κ2) is 8.61. The Morgan fingerprint density at radius 2 is 2.18 bits per heavy atom. The molecule has 17 heavy (non-hydrogen) atoms. The number of rotatable bonds is 8. The van der Waals surface area contributed by atoms with Gasteiger partial charge in [0.25, 0.3) is 0 Å². The third-order valence-corrected chi connectivity index (χ3v) is 2.45. The number of carbonyl (C=O) groups is 2. The quantitative estimate of drug-likeness (QED) is 0.503. The van der Waals surface area contributed by atoms with Gasteiger partial charge < -0.3 is 15.3 Å². The zero-order valence-corrected chi connectivity index (χ0v) is 10.6. The minimum absolute atomic E-state index is 0.0143. The van der Waals surface area contributed by atoms with E-state index in [0.29, 0.717) is 19.5 Å². The number of nitrogens with one attached hydrogen (secondary N) is 1. The van der Waals surface area contributed by atoms with Crippen molar-refractivity contribution in [2.75, 3.05) is 20.1 Å². The molecule has 0 fully saturated rings. The lowest BCUT2D eigenvalue weighted by Gasteiger charge is -2.19. The molecule has 0 radical (unpaired) electrons. The largest absolute Gasteiger partial charge is 0.465 e. The van der Waals surface area contributed by atoms with Crippen molar-refractivity contribution in [1.29, 1.82) is 0 Å². The first-order valence-corrected chi connectivity index (χ1v) is 5.79. The number of allylic oxidation sites excluding steroid dienone is 1. The molecule has 0 aromatic heterocycles. The Bertz CT molecular complexity index is 266. The van der Waals surface area contributed by atoms with E-state index in [9.17, 15) is 9.59 Å². The van der Waals surface area contributed by atoms with Crippen molar-refractivity contribution < 1.29 is 14.7 Å². The van der Waals surface area contributed by atoms with Gasteiger partial charge in [0.1, 0.15) is 0 Å². The van der Waals surface area contributed by atoms with Gasteiger partial charge in [-0.1, -0.05) is 13.0 Å². The van der Waals surface area contributed by atoms with Gasteiger partial charge in [0, 0.05) is 26.6 Å². The minimum Gasteiger partial charge on any atom is -0.465 e. The third-order valence-electron chi connectivity index (χ3n) is 2.45. The summed E-state index contributed by atoms with van der Waals surface area (Å²) in [5.74, 6) is 0.0641. The summed E-state index contributed by atoms with van der Waals surface area (Å²) in [6, 6.07) is 0. The summed E-state index contributed by atoms with van der Waals surface area (Å²) in [5.41, 5.74) is 0. The maximum atomic E-state index is 11.7. The molecule has 98 valence electrons. The predicted octanol–water partition coefficient (Wildman–Crippen LogP) is 1.70. The summed E-state index contributed by atoms with van der Waals surface area (Å²) in [6.07, 6.45) is 2.95. The lowest BCUT2D eigenvalue weighted by molar-refractivity contribution is -0.130. The highest BCUT2D eigenvalue weighted by Crippen LogP contribution is 2.04. The van der Waals surface area contributed by atoms with Crippen LogP contribution >= 0.6 is 0 Å². The molecule has 0 aromatic carbocycles. The molecule has 1 unspecified atom stereocenters. The van der Waals surface area contributed by atoms with Gasteiger partial charge in [-0.15, -0.1) is 6.58 Å². The van der Waals surface area contributed by atoms with Gasteiger partial charge in [-0.2, -0.15) is 0 Å². The number of carbonyl (C=O) groups excluding carboxylic acids is 1. The molecule has 0 aliphatic rings. The van der Waals surface area contributed by atoms with Gasteiger partial charge in [0.2, 0.25) is 5.91 Å². The average Bonchev–Trinajstić information content (AvgIpc) is 2.26. The SMILES string of the molecule is C=CCCCN(C)C(=O)CC(C)CNC(=O)O. The topological polar surface area (TPSA) is 69.6 Å². The maximum absolute atomic E-state index is 11.7. The highest BCUT2D eigenvalue weighted by molar-refractivity contribution is 5.76. The van der Waals surface area contributed by atoms with E-state index in [1.165, 1.54) is 0 Å². The summed E-state index contributed by atoms with van der Waals surface area (Å²) >= 11 is 0. The molecule has 5 nitrogen and oxygen atoms in total. The van der Waals surface area contributed by atoms with Crippen LogP contribution in [0.5, 0.6) is 0 Å². The number of nitrogens with zero attached hydrogens (tertiary/aromatic N) is 1. The van der Waals surface area contributed by atoms with Crippen LogP contribution in [-0.2, 0) is 4.79 Å². The van der Waals surface area contributed by atoms with Crippen molar-refractivity contribution in [3.8, 4) is 0 Å². The van der Waals surface area contributed by atoms with E-state index in [2.05, 4.69) is 11.9 Å². The summed E-state index contributed by atoms with van der Waals surface area (Å²) in [6.45, 7) is 6.50. The molecule has 0 saturated heterocycles. The van der Waals surface area contributed by atoms with Crippen LogP contribution in [0.3, 0.4) is 0 Å². The Kier molecular flexibility index (Phi) is 7.84. The first-order valence-electron chi connectivity index (χ1n) is 5.79. The molecule has 0 spiro atoms. The standard InChI is InChI=1S/C12H22N2O3/c1-4-5-6-7-14(3)11(15)8-10(2)9-13-12(16)17/h4,10,13H,1,5-9H2,2-3H3,(H,16,17).